The van der Waals surface area contributed by atoms with E-state index in [0.717, 1.165) is 22.2 Å². The van der Waals surface area contributed by atoms with Gasteiger partial charge in [-0.15, -0.1) is 5.10 Å². The van der Waals surface area contributed by atoms with Crippen molar-refractivity contribution in [2.75, 3.05) is 0 Å². The molecule has 0 saturated carbocycles. The summed E-state index contributed by atoms with van der Waals surface area (Å²) < 4.78 is 5.78. The number of nitrogens with zero attached hydrogens (tertiary/aromatic N) is 2. The van der Waals surface area contributed by atoms with Crippen LogP contribution in [-0.4, -0.2) is 10.2 Å². The Labute approximate surface area is 110 Å². The van der Waals surface area contributed by atoms with Crippen molar-refractivity contribution < 1.29 is 4.74 Å². The maximum atomic E-state index is 5.78. The Balaban J connectivity index is 1.96. The zero-order valence-corrected chi connectivity index (χ0v) is 10.3. The van der Waals surface area contributed by atoms with Crippen molar-refractivity contribution in [3.05, 3.63) is 60.3 Å². The van der Waals surface area contributed by atoms with E-state index in [1.54, 1.807) is 6.07 Å². The Bertz CT molecular complexity index is 690. The van der Waals surface area contributed by atoms with Gasteiger partial charge in [0.15, 0.2) is 0 Å². The number of aromatic nitrogens is 2. The van der Waals surface area contributed by atoms with E-state index in [-0.39, 0.29) is 0 Å². The minimum absolute atomic E-state index is 0.377. The Hall–Kier alpha value is -2.46. The van der Waals surface area contributed by atoms with Gasteiger partial charge in [0.05, 0.1) is 5.69 Å². The largest absolute Gasteiger partial charge is 0.437 e. The molecule has 1 heterocycles. The highest BCUT2D eigenvalue weighted by atomic mass is 16.5. The van der Waals surface area contributed by atoms with Crippen molar-refractivity contribution in [2.45, 2.75) is 6.54 Å². The van der Waals surface area contributed by atoms with E-state index < -0.39 is 0 Å². The minimum atomic E-state index is 0.377. The molecule has 0 spiro atoms. The van der Waals surface area contributed by atoms with Crippen molar-refractivity contribution in [1.82, 2.24) is 10.2 Å². The van der Waals surface area contributed by atoms with Crippen molar-refractivity contribution in [2.24, 2.45) is 5.73 Å². The third kappa shape index (κ3) is 2.39. The third-order valence-electron chi connectivity index (χ3n) is 2.87. The highest BCUT2D eigenvalue weighted by Crippen LogP contribution is 2.28. The molecule has 2 N–H and O–H groups in total. The van der Waals surface area contributed by atoms with Gasteiger partial charge in [-0.25, -0.2) is 0 Å². The smallest absolute Gasteiger partial charge is 0.238 e. The van der Waals surface area contributed by atoms with E-state index in [1.807, 2.05) is 48.5 Å². The number of rotatable bonds is 3. The first-order chi connectivity index (χ1) is 9.36. The predicted octanol–water partition coefficient (Wildman–Crippen LogP) is 2.88. The Morgan fingerprint density at radius 2 is 1.74 bits per heavy atom. The van der Waals surface area contributed by atoms with Crippen LogP contribution < -0.4 is 10.5 Å². The quantitative estimate of drug-likeness (QED) is 0.777. The maximum Gasteiger partial charge on any atom is 0.238 e. The maximum absolute atomic E-state index is 5.78. The summed E-state index contributed by atoms with van der Waals surface area (Å²) in [7, 11) is 0. The molecular weight excluding hydrogens is 238 g/mol. The molecule has 0 aliphatic heterocycles. The molecule has 0 atom stereocenters. The molecule has 19 heavy (non-hydrogen) atoms. The highest BCUT2D eigenvalue weighted by Gasteiger charge is 2.04. The molecule has 1 aromatic heterocycles. The molecule has 94 valence electrons. The molecule has 0 aliphatic rings. The molecule has 3 rings (SSSR count). The van der Waals surface area contributed by atoms with Crippen LogP contribution in [0, 0.1) is 0 Å². The topological polar surface area (TPSA) is 61.0 Å². The van der Waals surface area contributed by atoms with Crippen LogP contribution in [0.2, 0.25) is 0 Å². The second-order valence-corrected chi connectivity index (χ2v) is 4.15. The Morgan fingerprint density at radius 1 is 0.895 bits per heavy atom. The first kappa shape index (κ1) is 11.6. The molecule has 0 fully saturated rings. The number of benzene rings is 2. The van der Waals surface area contributed by atoms with Gasteiger partial charge in [-0.2, -0.15) is 5.10 Å². The molecule has 4 nitrogen and oxygen atoms in total. The lowest BCUT2D eigenvalue weighted by atomic mass is 10.1. The third-order valence-corrected chi connectivity index (χ3v) is 2.87. The fraction of sp³-hybridized carbons (Fsp3) is 0.0667. The number of hydrogen-bond acceptors (Lipinski definition) is 4. The SMILES string of the molecule is NCc1ccc(Oc2cccc3ccccc23)nn1. The van der Waals surface area contributed by atoms with Crippen molar-refractivity contribution in [1.29, 1.82) is 0 Å². The zero-order chi connectivity index (χ0) is 13.1. The van der Waals surface area contributed by atoms with Gasteiger partial charge < -0.3 is 10.5 Å². The van der Waals surface area contributed by atoms with Crippen LogP contribution in [-0.2, 0) is 6.54 Å². The normalized spacial score (nSPS) is 10.6. The molecule has 4 heteroatoms. The number of ether oxygens (including phenoxy) is 1. The van der Waals surface area contributed by atoms with E-state index in [0.29, 0.717) is 12.4 Å². The van der Waals surface area contributed by atoms with Crippen molar-refractivity contribution in [3.63, 3.8) is 0 Å². The standard InChI is InChI=1S/C15H13N3O/c16-10-12-8-9-15(18-17-12)19-14-7-3-5-11-4-1-2-6-13(11)14/h1-9H,10,16H2. The minimum Gasteiger partial charge on any atom is -0.437 e. The van der Waals surface area contributed by atoms with E-state index in [4.69, 9.17) is 10.5 Å². The van der Waals surface area contributed by atoms with Crippen LogP contribution in [0.15, 0.2) is 54.6 Å². The molecular formula is C15H13N3O. The first-order valence-corrected chi connectivity index (χ1v) is 6.05. The average Bonchev–Trinajstić information content (AvgIpc) is 2.48. The van der Waals surface area contributed by atoms with Gasteiger partial charge in [0.1, 0.15) is 5.75 Å². The number of nitrogens with two attached hydrogens (primary N) is 1. The molecule has 2 aromatic carbocycles. The summed E-state index contributed by atoms with van der Waals surface area (Å²) in [5, 5.41) is 10.2. The molecule has 0 aliphatic carbocycles. The van der Waals surface area contributed by atoms with Crippen LogP contribution in [0.1, 0.15) is 5.69 Å². The Morgan fingerprint density at radius 3 is 2.53 bits per heavy atom. The van der Waals surface area contributed by atoms with Gasteiger partial charge in [-0.05, 0) is 17.5 Å². The Kier molecular flexibility index (Phi) is 3.08. The fourth-order valence-corrected chi connectivity index (χ4v) is 1.91. The number of hydrogen-bond donors (Lipinski definition) is 1. The van der Waals surface area contributed by atoms with Gasteiger partial charge in [0.2, 0.25) is 5.88 Å². The second-order valence-electron chi connectivity index (χ2n) is 4.15. The lowest BCUT2D eigenvalue weighted by Crippen LogP contribution is -2.01. The van der Waals surface area contributed by atoms with E-state index in [1.165, 1.54) is 0 Å². The molecule has 0 unspecified atom stereocenters. The van der Waals surface area contributed by atoms with E-state index in [2.05, 4.69) is 10.2 Å². The molecule has 0 bridgehead atoms. The average molecular weight is 251 g/mol. The first-order valence-electron chi connectivity index (χ1n) is 6.05. The summed E-state index contributed by atoms with van der Waals surface area (Å²) in [6, 6.07) is 17.6. The van der Waals surface area contributed by atoms with E-state index in [9.17, 15) is 0 Å². The fourth-order valence-electron chi connectivity index (χ4n) is 1.91. The van der Waals surface area contributed by atoms with Gasteiger partial charge in [-0.1, -0.05) is 36.4 Å². The summed E-state index contributed by atoms with van der Waals surface area (Å²) in [6.07, 6.45) is 0. The summed E-state index contributed by atoms with van der Waals surface area (Å²) in [6.45, 7) is 0.377. The monoisotopic (exact) mass is 251 g/mol. The van der Waals surface area contributed by atoms with Gasteiger partial charge in [0, 0.05) is 18.0 Å². The van der Waals surface area contributed by atoms with Crippen LogP contribution in [0.4, 0.5) is 0 Å². The molecule has 0 saturated heterocycles. The van der Waals surface area contributed by atoms with Crippen LogP contribution >= 0.6 is 0 Å². The number of fused-ring (bicyclic) bond motifs is 1. The molecule has 0 radical (unpaired) electrons. The van der Waals surface area contributed by atoms with Gasteiger partial charge in [-0.3, -0.25) is 0 Å². The molecule has 3 aromatic rings. The summed E-state index contributed by atoms with van der Waals surface area (Å²) >= 11 is 0. The predicted molar refractivity (Wildman–Crippen MR) is 73.9 cm³/mol. The molecule has 0 amide bonds. The lowest BCUT2D eigenvalue weighted by Gasteiger charge is -2.07. The summed E-state index contributed by atoms with van der Waals surface area (Å²) in [5.74, 6) is 1.24. The summed E-state index contributed by atoms with van der Waals surface area (Å²) in [4.78, 5) is 0. The van der Waals surface area contributed by atoms with Crippen LogP contribution in [0.5, 0.6) is 11.6 Å². The van der Waals surface area contributed by atoms with Crippen molar-refractivity contribution >= 4 is 10.8 Å². The zero-order valence-electron chi connectivity index (χ0n) is 10.3. The lowest BCUT2D eigenvalue weighted by molar-refractivity contribution is 0.459. The van der Waals surface area contributed by atoms with Crippen molar-refractivity contribution in [3.8, 4) is 11.6 Å². The van der Waals surface area contributed by atoms with E-state index >= 15 is 0 Å². The highest BCUT2D eigenvalue weighted by molar-refractivity contribution is 5.88. The summed E-state index contributed by atoms with van der Waals surface area (Å²) in [5.41, 5.74) is 6.22. The van der Waals surface area contributed by atoms with Gasteiger partial charge in [0.25, 0.3) is 0 Å². The van der Waals surface area contributed by atoms with Crippen LogP contribution in [0.25, 0.3) is 10.8 Å². The van der Waals surface area contributed by atoms with Crippen LogP contribution in [0.3, 0.4) is 0 Å². The second kappa shape index (κ2) is 5.04. The van der Waals surface area contributed by atoms with Gasteiger partial charge >= 0.3 is 0 Å².